The van der Waals surface area contributed by atoms with Gasteiger partial charge in [-0.3, -0.25) is 19.7 Å². The van der Waals surface area contributed by atoms with Gasteiger partial charge < -0.3 is 10.6 Å². The lowest BCUT2D eigenvalue weighted by Crippen LogP contribution is -2.33. The number of nitrogens with one attached hydrogen (secondary N) is 2. The number of thiophene rings is 1. The van der Waals surface area contributed by atoms with Crippen LogP contribution in [0.3, 0.4) is 0 Å². The van der Waals surface area contributed by atoms with Crippen LogP contribution in [0.1, 0.15) is 45.7 Å². The Morgan fingerprint density at radius 1 is 1.03 bits per heavy atom. The molecule has 2 amide bonds. The first-order valence-electron chi connectivity index (χ1n) is 9.40. The molecule has 2 N–H and O–H groups in total. The van der Waals surface area contributed by atoms with E-state index in [0.717, 1.165) is 30.4 Å². The average molecular weight is 409 g/mol. The summed E-state index contributed by atoms with van der Waals surface area (Å²) >= 11 is 1.25. The second-order valence-corrected chi connectivity index (χ2v) is 8.13. The summed E-state index contributed by atoms with van der Waals surface area (Å²) in [6, 6.07) is 13.2. The first-order valence-corrected chi connectivity index (χ1v) is 10.2. The standard InChI is InChI=1S/C21H19N3O4S/c25-20(22-14-5-1-2-6-14)16-7-3-4-8-17(16)23-21(26)19-12-13-11-15(24(27)28)9-10-18(13)29-19/h3-4,7-12,14H,1-2,5-6H2,(H,22,25)(H,23,26). The number of carbonyl (C=O) groups is 2. The van der Waals surface area contributed by atoms with Crippen molar-refractivity contribution in [2.75, 3.05) is 5.32 Å². The molecule has 3 aromatic rings. The van der Waals surface area contributed by atoms with Crippen LogP contribution < -0.4 is 10.6 Å². The number of nitro groups is 1. The monoisotopic (exact) mass is 409 g/mol. The van der Waals surface area contributed by atoms with E-state index in [2.05, 4.69) is 10.6 Å². The number of amides is 2. The number of carbonyl (C=O) groups excluding carboxylic acids is 2. The molecule has 8 heteroatoms. The van der Waals surface area contributed by atoms with Gasteiger partial charge in [-0.05, 0) is 37.1 Å². The number of non-ortho nitro benzene ring substituents is 1. The predicted octanol–water partition coefficient (Wildman–Crippen LogP) is 4.73. The predicted molar refractivity (Wildman–Crippen MR) is 113 cm³/mol. The number of rotatable bonds is 5. The number of para-hydroxylation sites is 1. The number of nitro benzene ring substituents is 1. The second kappa shape index (κ2) is 8.00. The molecule has 0 spiro atoms. The largest absolute Gasteiger partial charge is 0.349 e. The van der Waals surface area contributed by atoms with E-state index in [1.807, 2.05) is 0 Å². The molecule has 29 heavy (non-hydrogen) atoms. The number of nitrogens with zero attached hydrogens (tertiary/aromatic N) is 1. The Labute approximate surface area is 170 Å². The second-order valence-electron chi connectivity index (χ2n) is 7.04. The SMILES string of the molecule is O=C(Nc1ccccc1C(=O)NC1CCCC1)c1cc2cc([N+](=O)[O-])ccc2s1. The van der Waals surface area contributed by atoms with Crippen molar-refractivity contribution in [3.05, 3.63) is 69.1 Å². The van der Waals surface area contributed by atoms with Crippen LogP contribution in [0, 0.1) is 10.1 Å². The zero-order valence-electron chi connectivity index (χ0n) is 15.5. The molecule has 0 aliphatic heterocycles. The van der Waals surface area contributed by atoms with E-state index < -0.39 is 4.92 Å². The molecule has 148 valence electrons. The summed E-state index contributed by atoms with van der Waals surface area (Å²) in [5.74, 6) is -0.547. The third kappa shape index (κ3) is 4.12. The fourth-order valence-electron chi connectivity index (χ4n) is 3.56. The summed E-state index contributed by atoms with van der Waals surface area (Å²) in [7, 11) is 0. The molecule has 1 saturated carbocycles. The van der Waals surface area contributed by atoms with Crippen LogP contribution in [-0.2, 0) is 0 Å². The molecule has 7 nitrogen and oxygen atoms in total. The third-order valence-corrected chi connectivity index (χ3v) is 6.16. The maximum atomic E-state index is 12.8. The molecule has 1 aliphatic rings. The highest BCUT2D eigenvalue weighted by molar-refractivity contribution is 7.20. The third-order valence-electron chi connectivity index (χ3n) is 5.04. The highest BCUT2D eigenvalue weighted by Crippen LogP contribution is 2.30. The van der Waals surface area contributed by atoms with Gasteiger partial charge in [0.25, 0.3) is 17.5 Å². The molecular formula is C21H19N3O4S. The van der Waals surface area contributed by atoms with Crippen molar-refractivity contribution in [1.82, 2.24) is 5.32 Å². The van der Waals surface area contributed by atoms with Gasteiger partial charge in [0.1, 0.15) is 0 Å². The van der Waals surface area contributed by atoms with Gasteiger partial charge in [0.15, 0.2) is 0 Å². The lowest BCUT2D eigenvalue weighted by molar-refractivity contribution is -0.384. The van der Waals surface area contributed by atoms with Crippen molar-refractivity contribution in [3.8, 4) is 0 Å². The number of hydrogen-bond donors (Lipinski definition) is 2. The smallest absolute Gasteiger partial charge is 0.270 e. The van der Waals surface area contributed by atoms with Crippen molar-refractivity contribution in [2.45, 2.75) is 31.7 Å². The summed E-state index contributed by atoms with van der Waals surface area (Å²) in [5.41, 5.74) is 0.845. The first-order chi connectivity index (χ1) is 14.0. The lowest BCUT2D eigenvalue weighted by Gasteiger charge is -2.14. The molecule has 0 saturated heterocycles. The Kier molecular flexibility index (Phi) is 5.26. The highest BCUT2D eigenvalue weighted by Gasteiger charge is 2.21. The van der Waals surface area contributed by atoms with Crippen LogP contribution in [-0.4, -0.2) is 22.8 Å². The summed E-state index contributed by atoms with van der Waals surface area (Å²) in [5, 5.41) is 17.4. The fraction of sp³-hybridized carbons (Fsp3) is 0.238. The van der Waals surface area contributed by atoms with Crippen LogP contribution >= 0.6 is 11.3 Å². The number of fused-ring (bicyclic) bond motifs is 1. The van der Waals surface area contributed by atoms with Gasteiger partial charge in [-0.25, -0.2) is 0 Å². The van der Waals surface area contributed by atoms with E-state index in [0.29, 0.717) is 21.5 Å². The van der Waals surface area contributed by atoms with E-state index >= 15 is 0 Å². The quantitative estimate of drug-likeness (QED) is 0.470. The fourth-order valence-corrected chi connectivity index (χ4v) is 4.50. The van der Waals surface area contributed by atoms with E-state index in [4.69, 9.17) is 0 Å². The maximum absolute atomic E-state index is 12.8. The van der Waals surface area contributed by atoms with Gasteiger partial charge in [0.05, 0.1) is 21.1 Å². The van der Waals surface area contributed by atoms with Crippen molar-refractivity contribution in [2.24, 2.45) is 0 Å². The Morgan fingerprint density at radius 3 is 2.55 bits per heavy atom. The Morgan fingerprint density at radius 2 is 1.79 bits per heavy atom. The molecule has 1 aliphatic carbocycles. The molecule has 4 rings (SSSR count). The van der Waals surface area contributed by atoms with Gasteiger partial charge in [-0.2, -0.15) is 0 Å². The Hall–Kier alpha value is -3.26. The molecule has 0 radical (unpaired) electrons. The van der Waals surface area contributed by atoms with Gasteiger partial charge in [-0.15, -0.1) is 11.3 Å². The lowest BCUT2D eigenvalue weighted by atomic mass is 10.1. The van der Waals surface area contributed by atoms with Gasteiger partial charge >= 0.3 is 0 Å². The topological polar surface area (TPSA) is 101 Å². The summed E-state index contributed by atoms with van der Waals surface area (Å²) < 4.78 is 0.785. The van der Waals surface area contributed by atoms with E-state index in [1.165, 1.54) is 23.5 Å². The van der Waals surface area contributed by atoms with Crippen LogP contribution in [0.2, 0.25) is 0 Å². The Bertz CT molecular complexity index is 1100. The van der Waals surface area contributed by atoms with Crippen molar-refractivity contribution >= 4 is 44.6 Å². The van der Waals surface area contributed by atoms with Crippen molar-refractivity contribution < 1.29 is 14.5 Å². The number of hydrogen-bond acceptors (Lipinski definition) is 5. The minimum Gasteiger partial charge on any atom is -0.349 e. The molecule has 1 aromatic heterocycles. The zero-order valence-corrected chi connectivity index (χ0v) is 16.3. The normalized spacial score (nSPS) is 14.1. The van der Waals surface area contributed by atoms with E-state index in [1.54, 1.807) is 36.4 Å². The van der Waals surface area contributed by atoms with Crippen molar-refractivity contribution in [3.63, 3.8) is 0 Å². The molecule has 1 heterocycles. The zero-order chi connectivity index (χ0) is 20.4. The molecule has 2 aromatic carbocycles. The van der Waals surface area contributed by atoms with Crippen molar-refractivity contribution in [1.29, 1.82) is 0 Å². The summed E-state index contributed by atoms with van der Waals surface area (Å²) in [4.78, 5) is 36.3. The van der Waals surface area contributed by atoms with Crippen LogP contribution in [0.25, 0.3) is 10.1 Å². The minimum atomic E-state index is -0.462. The molecular weight excluding hydrogens is 390 g/mol. The highest BCUT2D eigenvalue weighted by atomic mass is 32.1. The van der Waals surface area contributed by atoms with Gasteiger partial charge in [-0.1, -0.05) is 25.0 Å². The molecule has 0 unspecified atom stereocenters. The van der Waals surface area contributed by atoms with Crippen LogP contribution in [0.4, 0.5) is 11.4 Å². The molecule has 0 bridgehead atoms. The maximum Gasteiger partial charge on any atom is 0.270 e. The first kappa shape index (κ1) is 19.1. The van der Waals surface area contributed by atoms with E-state index in [9.17, 15) is 19.7 Å². The summed E-state index contributed by atoms with van der Waals surface area (Å²) in [6.45, 7) is 0. The molecule has 1 fully saturated rings. The molecule has 0 atom stereocenters. The number of anilines is 1. The van der Waals surface area contributed by atoms with E-state index in [-0.39, 0.29) is 23.5 Å². The van der Waals surface area contributed by atoms with Crippen LogP contribution in [0.15, 0.2) is 48.5 Å². The average Bonchev–Trinajstić information content (AvgIpc) is 3.37. The van der Waals surface area contributed by atoms with Gasteiger partial charge in [0, 0.05) is 28.3 Å². The number of benzene rings is 2. The minimum absolute atomic E-state index is 0.0174. The summed E-state index contributed by atoms with van der Waals surface area (Å²) in [6.07, 6.45) is 4.20. The van der Waals surface area contributed by atoms with Crippen LogP contribution in [0.5, 0.6) is 0 Å². The Balaban J connectivity index is 1.54. The van der Waals surface area contributed by atoms with Gasteiger partial charge in [0.2, 0.25) is 0 Å².